The Morgan fingerprint density at radius 3 is 2.77 bits per heavy atom. The smallest absolute Gasteiger partial charge is 0.216 e. The van der Waals surface area contributed by atoms with E-state index < -0.39 is 0 Å². The first-order chi connectivity index (χ1) is 10.8. The maximum absolute atomic E-state index is 5.84. The molecule has 1 aromatic carbocycles. The summed E-state index contributed by atoms with van der Waals surface area (Å²) < 4.78 is 7.64. The molecule has 0 aliphatic heterocycles. The Bertz CT molecular complexity index is 704. The number of rotatable bonds is 4. The van der Waals surface area contributed by atoms with Crippen molar-refractivity contribution in [1.29, 1.82) is 0 Å². The summed E-state index contributed by atoms with van der Waals surface area (Å²) in [6.07, 6.45) is 8.49. The molecule has 0 amide bonds. The second kappa shape index (κ2) is 6.77. The van der Waals surface area contributed by atoms with Gasteiger partial charge in [0, 0.05) is 6.08 Å². The quantitative estimate of drug-likeness (QED) is 0.777. The highest BCUT2D eigenvalue weighted by Crippen LogP contribution is 2.27. The molecule has 1 heterocycles. The Labute approximate surface area is 131 Å². The van der Waals surface area contributed by atoms with E-state index in [0.717, 1.165) is 16.9 Å². The molecule has 1 aliphatic rings. The van der Waals surface area contributed by atoms with Gasteiger partial charge in [-0.2, -0.15) is 4.68 Å². The normalized spacial score (nSPS) is 16.1. The molecule has 4 heteroatoms. The molecule has 2 aromatic rings. The lowest BCUT2D eigenvalue weighted by atomic mass is 9.91. The number of hydrogen-bond donors (Lipinski definition) is 0. The van der Waals surface area contributed by atoms with Crippen molar-refractivity contribution in [3.8, 4) is 0 Å². The van der Waals surface area contributed by atoms with E-state index in [1.165, 1.54) is 37.7 Å². The topological polar surface area (TPSA) is 39.9 Å². The Kier molecular flexibility index (Phi) is 4.56. The first-order valence-corrected chi connectivity index (χ1v) is 8.13. The van der Waals surface area contributed by atoms with E-state index in [4.69, 9.17) is 4.74 Å². The van der Waals surface area contributed by atoms with Crippen molar-refractivity contribution >= 4 is 16.9 Å². The summed E-state index contributed by atoms with van der Waals surface area (Å²) >= 11 is 0. The van der Waals surface area contributed by atoms with Gasteiger partial charge >= 0.3 is 0 Å². The fourth-order valence-corrected chi connectivity index (χ4v) is 3.00. The van der Waals surface area contributed by atoms with Crippen LogP contribution in [-0.4, -0.2) is 21.6 Å². The van der Waals surface area contributed by atoms with Crippen LogP contribution in [-0.2, 0) is 4.74 Å². The molecule has 0 radical (unpaired) electrons. The lowest BCUT2D eigenvalue weighted by molar-refractivity contribution is 0.272. The summed E-state index contributed by atoms with van der Waals surface area (Å²) in [5.41, 5.74) is 4.72. The average Bonchev–Trinajstić information content (AvgIpc) is 2.99. The lowest BCUT2D eigenvalue weighted by Crippen LogP contribution is -2.05. The molecule has 116 valence electrons. The van der Waals surface area contributed by atoms with Crippen LogP contribution >= 0.6 is 0 Å². The van der Waals surface area contributed by atoms with Crippen LogP contribution in [0.5, 0.6) is 0 Å². The van der Waals surface area contributed by atoms with Crippen LogP contribution in [0.3, 0.4) is 0 Å². The van der Waals surface area contributed by atoms with Gasteiger partial charge in [0.15, 0.2) is 0 Å². The van der Waals surface area contributed by atoms with Crippen LogP contribution in [0.2, 0.25) is 0 Å². The van der Waals surface area contributed by atoms with Crippen molar-refractivity contribution in [1.82, 2.24) is 15.0 Å². The van der Waals surface area contributed by atoms with Crippen molar-refractivity contribution in [3.63, 3.8) is 0 Å². The van der Waals surface area contributed by atoms with E-state index in [9.17, 15) is 0 Å². The van der Waals surface area contributed by atoms with Gasteiger partial charge in [0.1, 0.15) is 5.52 Å². The monoisotopic (exact) mass is 297 g/mol. The van der Waals surface area contributed by atoms with Gasteiger partial charge in [-0.05, 0) is 57.2 Å². The standard InChI is InChI=1S/C18H23N3O/c1-3-22-18(13-14(2)15-9-5-4-6-10-15)21-17-12-8-7-11-16(17)19-20-21/h7-8,11-13H,3-6,9-10H2,1-2H3/b18-13-. The van der Waals surface area contributed by atoms with Gasteiger partial charge in [-0.15, -0.1) is 5.10 Å². The number of nitrogens with zero attached hydrogens (tertiary/aromatic N) is 3. The van der Waals surface area contributed by atoms with E-state index in [-0.39, 0.29) is 0 Å². The minimum Gasteiger partial charge on any atom is -0.478 e. The van der Waals surface area contributed by atoms with Crippen molar-refractivity contribution in [3.05, 3.63) is 41.5 Å². The van der Waals surface area contributed by atoms with Gasteiger partial charge in [0.25, 0.3) is 0 Å². The third-order valence-corrected chi connectivity index (χ3v) is 4.21. The predicted octanol–water partition coefficient (Wildman–Crippen LogP) is 4.55. The zero-order valence-corrected chi connectivity index (χ0v) is 13.4. The number of ether oxygens (including phenoxy) is 1. The molecule has 3 rings (SSSR count). The SMILES string of the molecule is CCO/C(=C\C(C)=C1CCCCC1)n1nnc2ccccc21. The minimum absolute atomic E-state index is 0.614. The van der Waals surface area contributed by atoms with Crippen molar-refractivity contribution in [2.45, 2.75) is 46.0 Å². The Morgan fingerprint density at radius 2 is 2.00 bits per heavy atom. The van der Waals surface area contributed by atoms with Crippen molar-refractivity contribution in [2.75, 3.05) is 6.61 Å². The maximum Gasteiger partial charge on any atom is 0.216 e. The Hall–Kier alpha value is -2.10. The van der Waals surface area contributed by atoms with Gasteiger partial charge in [0.05, 0.1) is 12.1 Å². The summed E-state index contributed by atoms with van der Waals surface area (Å²) in [5.74, 6) is 0.756. The van der Waals surface area contributed by atoms with Gasteiger partial charge in [-0.1, -0.05) is 29.3 Å². The summed E-state index contributed by atoms with van der Waals surface area (Å²) in [6.45, 7) is 4.79. The van der Waals surface area contributed by atoms with Crippen LogP contribution < -0.4 is 0 Å². The number of para-hydroxylation sites is 1. The van der Waals surface area contributed by atoms with Crippen LogP contribution in [0, 0.1) is 0 Å². The fraction of sp³-hybridized carbons (Fsp3) is 0.444. The molecule has 0 unspecified atom stereocenters. The number of benzene rings is 1. The van der Waals surface area contributed by atoms with Gasteiger partial charge in [-0.3, -0.25) is 0 Å². The molecule has 1 fully saturated rings. The van der Waals surface area contributed by atoms with E-state index in [1.54, 1.807) is 10.3 Å². The Morgan fingerprint density at radius 1 is 1.23 bits per heavy atom. The molecule has 0 bridgehead atoms. The number of hydrogen-bond acceptors (Lipinski definition) is 3. The average molecular weight is 297 g/mol. The van der Waals surface area contributed by atoms with Gasteiger partial charge < -0.3 is 4.74 Å². The first-order valence-electron chi connectivity index (χ1n) is 8.13. The lowest BCUT2D eigenvalue weighted by Gasteiger charge is -2.16. The van der Waals surface area contributed by atoms with Crippen molar-refractivity contribution in [2.24, 2.45) is 0 Å². The second-order valence-corrected chi connectivity index (χ2v) is 5.75. The second-order valence-electron chi connectivity index (χ2n) is 5.75. The third kappa shape index (κ3) is 3.06. The zero-order chi connectivity index (χ0) is 15.4. The highest BCUT2D eigenvalue weighted by Gasteiger charge is 2.12. The van der Waals surface area contributed by atoms with Crippen LogP contribution in [0.25, 0.3) is 16.9 Å². The number of allylic oxidation sites excluding steroid dienone is 3. The third-order valence-electron chi connectivity index (χ3n) is 4.21. The van der Waals surface area contributed by atoms with Crippen LogP contribution in [0.15, 0.2) is 41.5 Å². The molecular formula is C18H23N3O. The van der Waals surface area contributed by atoms with E-state index in [1.807, 2.05) is 31.2 Å². The number of fused-ring (bicyclic) bond motifs is 1. The predicted molar refractivity (Wildman–Crippen MR) is 89.2 cm³/mol. The molecule has 0 saturated heterocycles. The molecule has 0 spiro atoms. The summed E-state index contributed by atoms with van der Waals surface area (Å²) in [4.78, 5) is 0. The molecule has 1 aromatic heterocycles. The van der Waals surface area contributed by atoms with Gasteiger partial charge in [-0.25, -0.2) is 0 Å². The molecule has 1 saturated carbocycles. The molecule has 22 heavy (non-hydrogen) atoms. The number of aromatic nitrogens is 3. The zero-order valence-electron chi connectivity index (χ0n) is 13.4. The highest BCUT2D eigenvalue weighted by molar-refractivity contribution is 5.77. The highest BCUT2D eigenvalue weighted by atomic mass is 16.5. The van der Waals surface area contributed by atoms with Crippen LogP contribution in [0.4, 0.5) is 0 Å². The molecule has 4 nitrogen and oxygen atoms in total. The van der Waals surface area contributed by atoms with E-state index in [2.05, 4.69) is 23.3 Å². The minimum atomic E-state index is 0.614. The molecule has 1 aliphatic carbocycles. The summed E-state index contributed by atoms with van der Waals surface area (Å²) in [5, 5.41) is 8.48. The van der Waals surface area contributed by atoms with Crippen LogP contribution in [0.1, 0.15) is 46.0 Å². The fourth-order valence-electron chi connectivity index (χ4n) is 3.00. The molecular weight excluding hydrogens is 274 g/mol. The Balaban J connectivity index is 2.00. The maximum atomic E-state index is 5.84. The molecule has 0 N–H and O–H groups in total. The molecule has 0 atom stereocenters. The largest absolute Gasteiger partial charge is 0.478 e. The van der Waals surface area contributed by atoms with E-state index in [0.29, 0.717) is 6.61 Å². The first kappa shape index (κ1) is 14.8. The van der Waals surface area contributed by atoms with E-state index >= 15 is 0 Å². The van der Waals surface area contributed by atoms with Crippen molar-refractivity contribution < 1.29 is 4.74 Å². The van der Waals surface area contributed by atoms with Gasteiger partial charge in [0.2, 0.25) is 5.88 Å². The summed E-state index contributed by atoms with van der Waals surface area (Å²) in [6, 6.07) is 7.96. The summed E-state index contributed by atoms with van der Waals surface area (Å²) in [7, 11) is 0.